The second kappa shape index (κ2) is 12.6. The van der Waals surface area contributed by atoms with Crippen LogP contribution in [0.2, 0.25) is 0 Å². The van der Waals surface area contributed by atoms with Crippen LogP contribution in [0.4, 0.5) is 0 Å². The molecule has 0 radical (unpaired) electrons. The second-order valence-corrected chi connectivity index (χ2v) is 10.8. The quantitative estimate of drug-likeness (QED) is 0.190. The summed E-state index contributed by atoms with van der Waals surface area (Å²) in [6.45, 7) is 14.3. The molecule has 0 aromatic rings. The average Bonchev–Trinajstić information content (AvgIpc) is 3.50. The minimum Gasteiger partial charge on any atom is -0.465 e. The summed E-state index contributed by atoms with van der Waals surface area (Å²) in [5.41, 5.74) is -1.93. The highest BCUT2D eigenvalue weighted by molar-refractivity contribution is 5.98. The van der Waals surface area contributed by atoms with Crippen LogP contribution >= 0.6 is 0 Å². The standard InChI is InChI=1S/C29H46N2O6/c1-6-10-12-14-19-36-27(35)23-22-25(33)31(21(5)20-32)24(29(22)16-15-28(23,9-4)37-29)26(34)30(17-8-3)18-13-11-7-2/h6,8,21-24,32H,1,3,7,9-20H2,2,4-5H3/t21-,22+,23-,24?,28+,29?/m1/s1. The summed E-state index contributed by atoms with van der Waals surface area (Å²) in [6.07, 6.45) is 10.5. The van der Waals surface area contributed by atoms with Crippen molar-refractivity contribution in [3.05, 3.63) is 25.3 Å². The van der Waals surface area contributed by atoms with Gasteiger partial charge < -0.3 is 24.4 Å². The van der Waals surface area contributed by atoms with Crippen LogP contribution in [0.25, 0.3) is 0 Å². The third-order valence-electron chi connectivity index (χ3n) is 8.59. The maximum Gasteiger partial charge on any atom is 0.312 e. The first-order chi connectivity index (χ1) is 17.8. The molecule has 1 N–H and O–H groups in total. The molecule has 0 saturated carbocycles. The number of hydrogen-bond acceptors (Lipinski definition) is 6. The molecule has 3 fully saturated rings. The lowest BCUT2D eigenvalue weighted by atomic mass is 9.65. The van der Waals surface area contributed by atoms with Crippen molar-refractivity contribution in [1.82, 2.24) is 9.80 Å². The van der Waals surface area contributed by atoms with Gasteiger partial charge in [-0.3, -0.25) is 14.4 Å². The van der Waals surface area contributed by atoms with E-state index in [1.54, 1.807) is 17.9 Å². The number of likely N-dealkylation sites (tertiary alicyclic amines) is 1. The molecule has 2 unspecified atom stereocenters. The number of unbranched alkanes of at least 4 members (excludes halogenated alkanes) is 4. The number of aliphatic hydroxyl groups excluding tert-OH is 1. The third-order valence-corrected chi connectivity index (χ3v) is 8.59. The topological polar surface area (TPSA) is 96.4 Å². The van der Waals surface area contributed by atoms with Gasteiger partial charge in [0.05, 0.1) is 30.8 Å². The van der Waals surface area contributed by atoms with Gasteiger partial charge in [0.15, 0.2) is 0 Å². The maximum absolute atomic E-state index is 14.2. The van der Waals surface area contributed by atoms with Gasteiger partial charge in [-0.25, -0.2) is 0 Å². The van der Waals surface area contributed by atoms with Gasteiger partial charge in [-0.2, -0.15) is 0 Å². The number of allylic oxidation sites excluding steroid dienone is 1. The van der Waals surface area contributed by atoms with E-state index in [2.05, 4.69) is 20.1 Å². The van der Waals surface area contributed by atoms with Crippen molar-refractivity contribution < 1.29 is 29.0 Å². The SMILES string of the molecule is C=CCCCCOC(=O)[C@H]1[C@H]2C(=O)N([C@H](C)CO)C(C(=O)N(CC=C)CCCCC)C23CC[C@]1(CC)O3. The molecule has 0 aromatic heterocycles. The smallest absolute Gasteiger partial charge is 0.312 e. The van der Waals surface area contributed by atoms with Gasteiger partial charge in [0.25, 0.3) is 0 Å². The van der Waals surface area contributed by atoms with Crippen molar-refractivity contribution in [2.45, 2.75) is 102 Å². The van der Waals surface area contributed by atoms with Crippen LogP contribution in [-0.2, 0) is 23.9 Å². The Kier molecular flexibility index (Phi) is 9.98. The van der Waals surface area contributed by atoms with Crippen molar-refractivity contribution in [3.63, 3.8) is 0 Å². The van der Waals surface area contributed by atoms with E-state index in [9.17, 15) is 19.5 Å². The van der Waals surface area contributed by atoms with Crippen LogP contribution < -0.4 is 0 Å². The number of esters is 1. The summed E-state index contributed by atoms with van der Waals surface area (Å²) in [5, 5.41) is 10.0. The lowest BCUT2D eigenvalue weighted by Crippen LogP contribution is -2.58. The van der Waals surface area contributed by atoms with Crippen LogP contribution in [0.15, 0.2) is 25.3 Å². The van der Waals surface area contributed by atoms with Crippen LogP contribution in [0, 0.1) is 11.8 Å². The van der Waals surface area contributed by atoms with E-state index in [1.807, 2.05) is 13.0 Å². The highest BCUT2D eigenvalue weighted by atomic mass is 16.6. The third kappa shape index (κ3) is 5.24. The summed E-state index contributed by atoms with van der Waals surface area (Å²) in [4.78, 5) is 45.0. The number of nitrogens with zero attached hydrogens (tertiary/aromatic N) is 2. The predicted molar refractivity (Wildman–Crippen MR) is 142 cm³/mol. The lowest BCUT2D eigenvalue weighted by Gasteiger charge is -2.38. The molecule has 3 aliphatic rings. The molecule has 6 atom stereocenters. The van der Waals surface area contributed by atoms with E-state index < -0.39 is 41.1 Å². The number of hydrogen-bond donors (Lipinski definition) is 1. The van der Waals surface area contributed by atoms with E-state index >= 15 is 0 Å². The fraction of sp³-hybridized carbons (Fsp3) is 0.759. The molecule has 208 valence electrons. The Labute approximate surface area is 222 Å². The first-order valence-corrected chi connectivity index (χ1v) is 14.1. The van der Waals surface area contributed by atoms with Crippen molar-refractivity contribution in [2.75, 3.05) is 26.3 Å². The van der Waals surface area contributed by atoms with Crippen LogP contribution in [0.5, 0.6) is 0 Å². The largest absolute Gasteiger partial charge is 0.465 e. The number of carbonyl (C=O) groups is 3. The number of aliphatic hydroxyl groups is 1. The van der Waals surface area contributed by atoms with Gasteiger partial charge in [-0.1, -0.05) is 38.8 Å². The second-order valence-electron chi connectivity index (χ2n) is 10.8. The Morgan fingerprint density at radius 1 is 1.22 bits per heavy atom. The lowest BCUT2D eigenvalue weighted by molar-refractivity contribution is -0.163. The highest BCUT2D eigenvalue weighted by Crippen LogP contribution is 2.64. The molecule has 3 aliphatic heterocycles. The first-order valence-electron chi connectivity index (χ1n) is 14.1. The fourth-order valence-corrected chi connectivity index (χ4v) is 6.68. The minimum atomic E-state index is -1.11. The van der Waals surface area contributed by atoms with E-state index in [0.29, 0.717) is 32.4 Å². The summed E-state index contributed by atoms with van der Waals surface area (Å²) >= 11 is 0. The van der Waals surface area contributed by atoms with Crippen LogP contribution in [-0.4, -0.2) is 82.3 Å². The minimum absolute atomic E-state index is 0.197. The zero-order chi connectivity index (χ0) is 27.2. The van der Waals surface area contributed by atoms with Crippen molar-refractivity contribution in [2.24, 2.45) is 11.8 Å². The number of rotatable bonds is 16. The molecule has 8 heteroatoms. The zero-order valence-corrected chi connectivity index (χ0v) is 23.0. The maximum atomic E-state index is 14.2. The Morgan fingerprint density at radius 3 is 2.59 bits per heavy atom. The molecule has 37 heavy (non-hydrogen) atoms. The fourth-order valence-electron chi connectivity index (χ4n) is 6.68. The Hall–Kier alpha value is -2.19. The molecular weight excluding hydrogens is 472 g/mol. The Bertz CT molecular complexity index is 861. The van der Waals surface area contributed by atoms with Crippen LogP contribution in [0.3, 0.4) is 0 Å². The van der Waals surface area contributed by atoms with Gasteiger partial charge in [0.1, 0.15) is 17.6 Å². The van der Waals surface area contributed by atoms with Gasteiger partial charge in [-0.15, -0.1) is 13.2 Å². The predicted octanol–water partition coefficient (Wildman–Crippen LogP) is 3.63. The normalized spacial score (nSPS) is 30.8. The monoisotopic (exact) mass is 518 g/mol. The molecule has 0 aliphatic carbocycles. The highest BCUT2D eigenvalue weighted by Gasteiger charge is 2.79. The van der Waals surface area contributed by atoms with Gasteiger partial charge >= 0.3 is 5.97 Å². The van der Waals surface area contributed by atoms with Crippen molar-refractivity contribution in [3.8, 4) is 0 Å². The summed E-state index contributed by atoms with van der Waals surface area (Å²) in [7, 11) is 0. The Morgan fingerprint density at radius 2 is 1.97 bits per heavy atom. The molecule has 2 bridgehead atoms. The molecule has 3 heterocycles. The Balaban J connectivity index is 1.96. The van der Waals surface area contributed by atoms with Crippen molar-refractivity contribution in [1.29, 1.82) is 0 Å². The molecule has 1 spiro atoms. The average molecular weight is 519 g/mol. The number of carbonyl (C=O) groups excluding carboxylic acids is 3. The summed E-state index contributed by atoms with van der Waals surface area (Å²) in [5.74, 6) is -2.48. The van der Waals surface area contributed by atoms with Gasteiger partial charge in [-0.05, 0) is 51.9 Å². The van der Waals surface area contributed by atoms with Crippen LogP contribution in [0.1, 0.15) is 78.6 Å². The molecule has 8 nitrogen and oxygen atoms in total. The number of amides is 2. The van der Waals surface area contributed by atoms with Crippen molar-refractivity contribution >= 4 is 17.8 Å². The van der Waals surface area contributed by atoms with E-state index in [4.69, 9.17) is 9.47 Å². The molecule has 2 amide bonds. The zero-order valence-electron chi connectivity index (χ0n) is 23.0. The number of fused-ring (bicyclic) bond motifs is 1. The van der Waals surface area contributed by atoms with Gasteiger partial charge in [0, 0.05) is 13.1 Å². The molecular formula is C29H46N2O6. The summed E-state index contributed by atoms with van der Waals surface area (Å²) in [6, 6.07) is -1.48. The molecule has 0 aromatic carbocycles. The van der Waals surface area contributed by atoms with Gasteiger partial charge in [0.2, 0.25) is 11.8 Å². The number of ether oxygens (including phenoxy) is 2. The molecule has 3 saturated heterocycles. The van der Waals surface area contributed by atoms with E-state index in [-0.39, 0.29) is 25.0 Å². The first kappa shape index (κ1) is 29.4. The molecule has 3 rings (SSSR count). The summed E-state index contributed by atoms with van der Waals surface area (Å²) < 4.78 is 12.4. The van der Waals surface area contributed by atoms with E-state index in [0.717, 1.165) is 38.5 Å². The van der Waals surface area contributed by atoms with E-state index in [1.165, 1.54) is 4.90 Å².